The first-order valence-electron chi connectivity index (χ1n) is 9.98. The fourth-order valence-corrected chi connectivity index (χ4v) is 5.03. The number of aromatic nitrogens is 1. The van der Waals surface area contributed by atoms with Crippen LogP contribution >= 0.6 is 0 Å². The topological polar surface area (TPSA) is 25.2 Å². The minimum Gasteiger partial charge on any atom is -0.284 e. The fourth-order valence-electron chi connectivity index (χ4n) is 5.03. The summed E-state index contributed by atoms with van der Waals surface area (Å²) in [6, 6.07) is 15.2. The van der Waals surface area contributed by atoms with Crippen LogP contribution in [-0.4, -0.2) is 10.7 Å². The van der Waals surface area contributed by atoms with Gasteiger partial charge in [0.2, 0.25) is 0 Å². The van der Waals surface area contributed by atoms with Gasteiger partial charge in [0.15, 0.2) is 0 Å². The van der Waals surface area contributed by atoms with E-state index >= 15 is 0 Å². The molecule has 3 aliphatic rings. The van der Waals surface area contributed by atoms with E-state index in [-0.39, 0.29) is 6.04 Å². The molecule has 0 spiro atoms. The van der Waals surface area contributed by atoms with E-state index in [1.165, 1.54) is 29.7 Å². The Labute approximate surface area is 157 Å². The van der Waals surface area contributed by atoms with Crippen molar-refractivity contribution in [2.75, 3.05) is 0 Å². The molecule has 0 N–H and O–H groups in total. The molecule has 2 nitrogen and oxygen atoms in total. The summed E-state index contributed by atoms with van der Waals surface area (Å²) in [4.78, 5) is 9.94. The van der Waals surface area contributed by atoms with Crippen molar-refractivity contribution in [3.05, 3.63) is 65.5 Å². The first-order chi connectivity index (χ1) is 12.4. The summed E-state index contributed by atoms with van der Waals surface area (Å²) in [5, 5.41) is 0. The molecule has 1 aromatic heterocycles. The zero-order valence-corrected chi connectivity index (χ0v) is 16.4. The Morgan fingerprint density at radius 2 is 1.92 bits per heavy atom. The highest BCUT2D eigenvalue weighted by Crippen LogP contribution is 2.60. The molecule has 1 heterocycles. The Balaban J connectivity index is 1.62. The molecule has 3 saturated carbocycles. The normalized spacial score (nSPS) is 29.2. The van der Waals surface area contributed by atoms with Crippen molar-refractivity contribution < 1.29 is 0 Å². The van der Waals surface area contributed by atoms with Crippen LogP contribution in [0, 0.1) is 30.1 Å². The van der Waals surface area contributed by atoms with Gasteiger partial charge in [-0.3, -0.25) is 9.98 Å². The Morgan fingerprint density at radius 1 is 1.15 bits per heavy atom. The van der Waals surface area contributed by atoms with E-state index in [0.717, 1.165) is 24.0 Å². The highest BCUT2D eigenvalue weighted by atomic mass is 14.9. The summed E-state index contributed by atoms with van der Waals surface area (Å²) >= 11 is 0. The van der Waals surface area contributed by atoms with Crippen molar-refractivity contribution in [1.82, 2.24) is 4.98 Å². The molecule has 0 aliphatic heterocycles. The molecule has 2 bridgehead atoms. The molecule has 136 valence electrons. The number of nitrogens with zero attached hydrogens (tertiary/aromatic N) is 2. The SMILES string of the molecule is Cc1ccc(CC(/N=C2\CC3CC(C2C)C3(C)C)c2ccccn2)cc1. The Hall–Kier alpha value is -1.96. The summed E-state index contributed by atoms with van der Waals surface area (Å²) in [6.07, 6.45) is 5.37. The van der Waals surface area contributed by atoms with Gasteiger partial charge in [-0.05, 0) is 60.6 Å². The number of aryl methyl sites for hydroxylation is 1. The average Bonchev–Trinajstić information content (AvgIpc) is 2.64. The molecule has 3 fully saturated rings. The van der Waals surface area contributed by atoms with E-state index in [0.29, 0.717) is 11.3 Å². The molecule has 0 saturated heterocycles. The third-order valence-corrected chi connectivity index (χ3v) is 7.03. The maximum absolute atomic E-state index is 5.31. The highest BCUT2D eigenvalue weighted by Gasteiger charge is 2.55. The van der Waals surface area contributed by atoms with Crippen molar-refractivity contribution in [3.8, 4) is 0 Å². The molecule has 3 aliphatic carbocycles. The third-order valence-electron chi connectivity index (χ3n) is 7.03. The quantitative estimate of drug-likeness (QED) is 0.685. The van der Waals surface area contributed by atoms with E-state index < -0.39 is 0 Å². The van der Waals surface area contributed by atoms with E-state index in [9.17, 15) is 0 Å². The van der Waals surface area contributed by atoms with Gasteiger partial charge in [-0.25, -0.2) is 0 Å². The monoisotopic (exact) mass is 346 g/mol. The first-order valence-corrected chi connectivity index (χ1v) is 9.98. The predicted octanol–water partition coefficient (Wildman–Crippen LogP) is 5.82. The lowest BCUT2D eigenvalue weighted by molar-refractivity contribution is -0.0523. The Kier molecular flexibility index (Phi) is 4.46. The van der Waals surface area contributed by atoms with E-state index in [1.807, 2.05) is 12.3 Å². The minimum absolute atomic E-state index is 0.122. The van der Waals surface area contributed by atoms with Crippen molar-refractivity contribution in [2.45, 2.75) is 53.0 Å². The zero-order valence-electron chi connectivity index (χ0n) is 16.4. The van der Waals surface area contributed by atoms with Gasteiger partial charge in [0.05, 0.1) is 11.7 Å². The van der Waals surface area contributed by atoms with Crippen LogP contribution in [0.2, 0.25) is 0 Å². The first kappa shape index (κ1) is 17.5. The van der Waals surface area contributed by atoms with Crippen LogP contribution < -0.4 is 0 Å². The highest BCUT2D eigenvalue weighted by molar-refractivity contribution is 5.89. The second-order valence-electron chi connectivity index (χ2n) is 8.93. The summed E-state index contributed by atoms with van der Waals surface area (Å²) < 4.78 is 0. The number of fused-ring (bicyclic) bond motifs is 2. The molecule has 26 heavy (non-hydrogen) atoms. The van der Waals surface area contributed by atoms with Crippen LogP contribution in [-0.2, 0) is 6.42 Å². The Morgan fingerprint density at radius 3 is 2.54 bits per heavy atom. The molecule has 4 unspecified atom stereocenters. The second kappa shape index (κ2) is 6.64. The van der Waals surface area contributed by atoms with Gasteiger partial charge >= 0.3 is 0 Å². The van der Waals surface area contributed by atoms with Crippen LogP contribution in [0.25, 0.3) is 0 Å². The predicted molar refractivity (Wildman–Crippen MR) is 108 cm³/mol. The van der Waals surface area contributed by atoms with Gasteiger partial charge in [0.25, 0.3) is 0 Å². The van der Waals surface area contributed by atoms with E-state index in [2.05, 4.69) is 69.1 Å². The van der Waals surface area contributed by atoms with Crippen LogP contribution in [0.3, 0.4) is 0 Å². The van der Waals surface area contributed by atoms with Crippen molar-refractivity contribution in [2.24, 2.45) is 28.2 Å². The number of hydrogen-bond acceptors (Lipinski definition) is 2. The summed E-state index contributed by atoms with van der Waals surface area (Å²) in [5.41, 5.74) is 5.65. The molecule has 0 amide bonds. The van der Waals surface area contributed by atoms with Gasteiger partial charge in [-0.1, -0.05) is 56.7 Å². The summed E-state index contributed by atoms with van der Waals surface area (Å²) in [6.45, 7) is 9.42. The van der Waals surface area contributed by atoms with Gasteiger partial charge < -0.3 is 0 Å². The van der Waals surface area contributed by atoms with Crippen LogP contribution in [0.1, 0.15) is 56.5 Å². The second-order valence-corrected chi connectivity index (χ2v) is 8.93. The maximum atomic E-state index is 5.31. The molecule has 0 radical (unpaired) electrons. The molecule has 1 aromatic carbocycles. The lowest BCUT2D eigenvalue weighted by Gasteiger charge is -2.60. The van der Waals surface area contributed by atoms with Gasteiger partial charge in [-0.2, -0.15) is 0 Å². The van der Waals surface area contributed by atoms with Gasteiger partial charge in [0, 0.05) is 18.3 Å². The number of rotatable bonds is 4. The smallest absolute Gasteiger partial charge is 0.0959 e. The third kappa shape index (κ3) is 3.11. The molecule has 2 heteroatoms. The lowest BCUT2D eigenvalue weighted by Crippen LogP contribution is -2.55. The number of pyridine rings is 1. The number of hydrogen-bond donors (Lipinski definition) is 0. The van der Waals surface area contributed by atoms with Gasteiger partial charge in [0.1, 0.15) is 0 Å². The Bertz CT molecular complexity index is 789. The summed E-state index contributed by atoms with van der Waals surface area (Å²) in [7, 11) is 0. The standard InChI is InChI=1S/C24H30N2/c1-16-8-10-18(11-9-16)13-23(21-7-5-6-12-25-21)26-22-15-19-14-20(17(22)2)24(19,3)4/h5-12,17,19-20,23H,13-15H2,1-4H3/b26-22+. The zero-order chi connectivity index (χ0) is 18.3. The van der Waals surface area contributed by atoms with Crippen molar-refractivity contribution in [3.63, 3.8) is 0 Å². The molecule has 5 rings (SSSR count). The van der Waals surface area contributed by atoms with E-state index in [4.69, 9.17) is 4.99 Å². The van der Waals surface area contributed by atoms with Crippen molar-refractivity contribution in [1.29, 1.82) is 0 Å². The number of benzene rings is 1. The van der Waals surface area contributed by atoms with Crippen LogP contribution in [0.15, 0.2) is 53.7 Å². The maximum Gasteiger partial charge on any atom is 0.0959 e. The van der Waals surface area contributed by atoms with Crippen LogP contribution in [0.4, 0.5) is 0 Å². The molecular formula is C24H30N2. The average molecular weight is 347 g/mol. The van der Waals surface area contributed by atoms with Gasteiger partial charge in [-0.15, -0.1) is 0 Å². The fraction of sp³-hybridized carbons (Fsp3) is 0.500. The minimum atomic E-state index is 0.122. The largest absolute Gasteiger partial charge is 0.284 e. The number of aliphatic imine (C=N–C) groups is 1. The van der Waals surface area contributed by atoms with Crippen molar-refractivity contribution >= 4 is 5.71 Å². The lowest BCUT2D eigenvalue weighted by atomic mass is 9.45. The molecule has 4 atom stereocenters. The summed E-state index contributed by atoms with van der Waals surface area (Å²) in [5.74, 6) is 2.20. The molecule has 2 aromatic rings. The molecular weight excluding hydrogens is 316 g/mol. The van der Waals surface area contributed by atoms with Crippen LogP contribution in [0.5, 0.6) is 0 Å². The van der Waals surface area contributed by atoms with E-state index in [1.54, 1.807) is 0 Å².